The lowest BCUT2D eigenvalue weighted by Crippen LogP contribution is -2.33. The molecule has 0 aliphatic rings. The van der Waals surface area contributed by atoms with E-state index in [1.165, 1.54) is 11.8 Å². The fourth-order valence-corrected chi connectivity index (χ4v) is 3.72. The fraction of sp³-hybridized carbons (Fsp3) is 0.250. The highest BCUT2D eigenvalue weighted by Crippen LogP contribution is 2.28. The third kappa shape index (κ3) is 5.13. The molecule has 0 fully saturated rings. The molecule has 0 radical (unpaired) electrons. The molecule has 29 heavy (non-hydrogen) atoms. The average Bonchev–Trinajstić information content (AvgIpc) is 3.18. The van der Waals surface area contributed by atoms with E-state index in [0.29, 0.717) is 35.5 Å². The molecule has 0 unspecified atom stereocenters. The maximum atomic E-state index is 12.5. The first-order valence-electron chi connectivity index (χ1n) is 9.03. The number of amides is 1. The van der Waals surface area contributed by atoms with Gasteiger partial charge in [0, 0.05) is 41.8 Å². The summed E-state index contributed by atoms with van der Waals surface area (Å²) in [5.41, 5.74) is 1.71. The number of hydrogen-bond donors (Lipinski definition) is 0. The quantitative estimate of drug-likeness (QED) is 0.508. The predicted octanol–water partition coefficient (Wildman–Crippen LogP) is 3.84. The third-order valence-corrected chi connectivity index (χ3v) is 5.38. The van der Waals surface area contributed by atoms with E-state index in [2.05, 4.69) is 21.3 Å². The van der Waals surface area contributed by atoms with Crippen LogP contribution >= 0.6 is 23.4 Å². The molecule has 2 aromatic heterocycles. The second-order valence-electron chi connectivity index (χ2n) is 6.02. The largest absolute Gasteiger partial charge is 0.341 e. The van der Waals surface area contributed by atoms with Crippen molar-refractivity contribution in [3.8, 4) is 23.1 Å². The molecule has 3 rings (SSSR count). The van der Waals surface area contributed by atoms with E-state index in [9.17, 15) is 4.79 Å². The molecule has 3 aromatic rings. The minimum absolute atomic E-state index is 0.0381. The molecule has 1 aromatic carbocycles. The van der Waals surface area contributed by atoms with Crippen LogP contribution in [0.5, 0.6) is 0 Å². The van der Waals surface area contributed by atoms with Crippen molar-refractivity contribution in [1.29, 1.82) is 5.26 Å². The molecular weight excluding hydrogens is 408 g/mol. The number of benzene rings is 1. The average molecular weight is 427 g/mol. The fourth-order valence-electron chi connectivity index (χ4n) is 2.74. The highest BCUT2D eigenvalue weighted by Gasteiger charge is 2.19. The Bertz CT molecular complexity index is 1000. The van der Waals surface area contributed by atoms with Gasteiger partial charge < -0.3 is 4.90 Å². The number of aromatic nitrogens is 4. The van der Waals surface area contributed by atoms with Gasteiger partial charge in [-0.25, -0.2) is 0 Å². The first-order chi connectivity index (χ1) is 14.1. The van der Waals surface area contributed by atoms with E-state index in [4.69, 9.17) is 16.9 Å². The van der Waals surface area contributed by atoms with Crippen molar-refractivity contribution in [1.82, 2.24) is 24.6 Å². The maximum absolute atomic E-state index is 12.5. The number of nitriles is 1. The number of nitrogens with zero attached hydrogens (tertiary/aromatic N) is 6. The summed E-state index contributed by atoms with van der Waals surface area (Å²) in [6, 6.07) is 13.2. The topological polar surface area (TPSA) is 87.7 Å². The van der Waals surface area contributed by atoms with Gasteiger partial charge in [0.05, 0.1) is 18.2 Å². The summed E-state index contributed by atoms with van der Waals surface area (Å²) in [5.74, 6) is 0.826. The van der Waals surface area contributed by atoms with Gasteiger partial charge in [-0.1, -0.05) is 23.4 Å². The van der Waals surface area contributed by atoms with Crippen LogP contribution in [0.2, 0.25) is 5.02 Å². The van der Waals surface area contributed by atoms with Gasteiger partial charge in [-0.15, -0.1) is 10.2 Å². The molecule has 1 amide bonds. The number of carbonyl (C=O) groups excluding carboxylic acids is 1. The predicted molar refractivity (Wildman–Crippen MR) is 113 cm³/mol. The summed E-state index contributed by atoms with van der Waals surface area (Å²) in [6.07, 6.45) is 3.71. The third-order valence-electron chi connectivity index (χ3n) is 4.21. The smallest absolute Gasteiger partial charge is 0.233 e. The van der Waals surface area contributed by atoms with Gasteiger partial charge >= 0.3 is 0 Å². The van der Waals surface area contributed by atoms with Gasteiger partial charge in [0.25, 0.3) is 0 Å². The molecule has 148 valence electrons. The summed E-state index contributed by atoms with van der Waals surface area (Å²) in [7, 11) is 0. The van der Waals surface area contributed by atoms with Crippen LogP contribution in [0.25, 0.3) is 17.1 Å². The zero-order valence-electron chi connectivity index (χ0n) is 15.8. The van der Waals surface area contributed by atoms with Crippen LogP contribution in [0.1, 0.15) is 13.3 Å². The highest BCUT2D eigenvalue weighted by molar-refractivity contribution is 7.99. The maximum Gasteiger partial charge on any atom is 0.233 e. The van der Waals surface area contributed by atoms with Gasteiger partial charge in [-0.3, -0.25) is 14.3 Å². The Kier molecular flexibility index (Phi) is 7.22. The van der Waals surface area contributed by atoms with E-state index < -0.39 is 0 Å². The highest BCUT2D eigenvalue weighted by atomic mass is 35.5. The van der Waals surface area contributed by atoms with Gasteiger partial charge in [0.15, 0.2) is 11.0 Å². The van der Waals surface area contributed by atoms with Crippen LogP contribution in [0.15, 0.2) is 53.9 Å². The van der Waals surface area contributed by atoms with Crippen LogP contribution in [-0.4, -0.2) is 49.4 Å². The molecule has 0 saturated carbocycles. The second kappa shape index (κ2) is 10.0. The SMILES string of the molecule is CCN(CCC#N)C(=O)CSc1nnc(-c2ccncc2)n1-c1ccc(Cl)cc1. The number of hydrogen-bond acceptors (Lipinski definition) is 6. The zero-order valence-corrected chi connectivity index (χ0v) is 17.4. The minimum atomic E-state index is -0.0381. The number of thioether (sulfide) groups is 1. The van der Waals surface area contributed by atoms with E-state index >= 15 is 0 Å². The Morgan fingerprint density at radius 1 is 1.21 bits per heavy atom. The summed E-state index contributed by atoms with van der Waals surface area (Å²) in [6.45, 7) is 2.89. The van der Waals surface area contributed by atoms with Crippen LogP contribution < -0.4 is 0 Å². The molecule has 0 atom stereocenters. The first kappa shape index (κ1) is 20.8. The van der Waals surface area contributed by atoms with Crippen LogP contribution in [0.3, 0.4) is 0 Å². The van der Waals surface area contributed by atoms with Gasteiger partial charge in [-0.05, 0) is 43.3 Å². The molecule has 0 N–H and O–H groups in total. The van der Waals surface area contributed by atoms with Crippen LogP contribution in [0, 0.1) is 11.3 Å². The first-order valence-corrected chi connectivity index (χ1v) is 10.4. The van der Waals surface area contributed by atoms with Gasteiger partial charge in [0.1, 0.15) is 0 Å². The summed E-state index contributed by atoms with van der Waals surface area (Å²) >= 11 is 7.35. The van der Waals surface area contributed by atoms with Crippen molar-refractivity contribution >= 4 is 29.3 Å². The Morgan fingerprint density at radius 3 is 2.59 bits per heavy atom. The van der Waals surface area contributed by atoms with Crippen molar-refractivity contribution < 1.29 is 4.79 Å². The molecule has 0 aliphatic carbocycles. The van der Waals surface area contributed by atoms with E-state index in [0.717, 1.165) is 11.3 Å². The van der Waals surface area contributed by atoms with Crippen molar-refractivity contribution in [3.63, 3.8) is 0 Å². The van der Waals surface area contributed by atoms with Crippen molar-refractivity contribution in [3.05, 3.63) is 53.8 Å². The molecule has 2 heterocycles. The number of carbonyl (C=O) groups is 1. The van der Waals surface area contributed by atoms with Crippen LogP contribution in [0.4, 0.5) is 0 Å². The Hall–Kier alpha value is -2.89. The molecule has 7 nitrogen and oxygen atoms in total. The summed E-state index contributed by atoms with van der Waals surface area (Å²) < 4.78 is 1.90. The molecule has 0 spiro atoms. The van der Waals surface area contributed by atoms with Crippen molar-refractivity contribution in [2.45, 2.75) is 18.5 Å². The lowest BCUT2D eigenvalue weighted by Gasteiger charge is -2.19. The molecule has 9 heteroatoms. The molecule has 0 aliphatic heterocycles. The van der Waals surface area contributed by atoms with Crippen molar-refractivity contribution in [2.75, 3.05) is 18.8 Å². The Labute approximate surface area is 178 Å². The normalized spacial score (nSPS) is 10.5. The summed E-state index contributed by atoms with van der Waals surface area (Å²) in [4.78, 5) is 18.3. The minimum Gasteiger partial charge on any atom is -0.341 e. The molecule has 0 bridgehead atoms. The van der Waals surface area contributed by atoms with Gasteiger partial charge in [-0.2, -0.15) is 5.26 Å². The lowest BCUT2D eigenvalue weighted by atomic mass is 10.2. The van der Waals surface area contributed by atoms with E-state index in [1.54, 1.807) is 29.4 Å². The van der Waals surface area contributed by atoms with E-state index in [1.807, 2.05) is 35.8 Å². The number of pyridine rings is 1. The Morgan fingerprint density at radius 2 is 1.93 bits per heavy atom. The van der Waals surface area contributed by atoms with Crippen molar-refractivity contribution in [2.24, 2.45) is 0 Å². The lowest BCUT2D eigenvalue weighted by molar-refractivity contribution is -0.128. The standard InChI is InChI=1S/C20H19ClN6OS/c1-2-26(13-3-10-22)18(28)14-29-20-25-24-19(15-8-11-23-12-9-15)27(20)17-6-4-16(21)5-7-17/h4-9,11-12H,2-3,13-14H2,1H3. The number of rotatable bonds is 8. The monoisotopic (exact) mass is 426 g/mol. The van der Waals surface area contributed by atoms with Gasteiger partial charge in [0.2, 0.25) is 5.91 Å². The Balaban J connectivity index is 1.89. The zero-order chi connectivity index (χ0) is 20.6. The summed E-state index contributed by atoms with van der Waals surface area (Å²) in [5, 5.41) is 18.6. The second-order valence-corrected chi connectivity index (χ2v) is 7.40. The van der Waals surface area contributed by atoms with Crippen LogP contribution in [-0.2, 0) is 4.79 Å². The number of halogens is 1. The van der Waals surface area contributed by atoms with E-state index in [-0.39, 0.29) is 11.7 Å². The molecular formula is C20H19ClN6OS. The molecule has 0 saturated heterocycles.